The number of nitrogens with one attached hydrogen (secondary N) is 1. The zero-order valence-corrected chi connectivity index (χ0v) is 16.5. The summed E-state index contributed by atoms with van der Waals surface area (Å²) in [5, 5.41) is 4.99. The van der Waals surface area contributed by atoms with Gasteiger partial charge in [-0.2, -0.15) is 0 Å². The summed E-state index contributed by atoms with van der Waals surface area (Å²) in [7, 11) is 1.64. The molecule has 1 heterocycles. The van der Waals surface area contributed by atoms with E-state index in [1.54, 1.807) is 7.11 Å². The summed E-state index contributed by atoms with van der Waals surface area (Å²) in [6, 6.07) is 19.6. The zero-order chi connectivity index (χ0) is 20.2. The minimum absolute atomic E-state index is 0.0530. The molecule has 5 nitrogen and oxygen atoms in total. The van der Waals surface area contributed by atoms with Crippen LogP contribution in [-0.4, -0.2) is 36.9 Å². The van der Waals surface area contributed by atoms with Crippen molar-refractivity contribution in [3.8, 4) is 5.75 Å². The van der Waals surface area contributed by atoms with Crippen molar-refractivity contribution < 1.29 is 14.3 Å². The summed E-state index contributed by atoms with van der Waals surface area (Å²) >= 11 is 0. The van der Waals surface area contributed by atoms with Gasteiger partial charge in [0, 0.05) is 31.6 Å². The second kappa shape index (κ2) is 8.35. The van der Waals surface area contributed by atoms with E-state index in [4.69, 9.17) is 4.74 Å². The quantitative estimate of drug-likeness (QED) is 0.727. The molecule has 0 unspecified atom stereocenters. The highest BCUT2D eigenvalue weighted by Gasteiger charge is 2.21. The van der Waals surface area contributed by atoms with Crippen LogP contribution in [0.25, 0.3) is 10.8 Å². The molecule has 0 aliphatic carbocycles. The predicted molar refractivity (Wildman–Crippen MR) is 113 cm³/mol. The number of amides is 2. The molecule has 2 amide bonds. The molecular formula is C24H24N2O3. The van der Waals surface area contributed by atoms with Gasteiger partial charge in [-0.05, 0) is 52.6 Å². The van der Waals surface area contributed by atoms with Crippen LogP contribution in [0.5, 0.6) is 5.75 Å². The molecule has 0 fully saturated rings. The van der Waals surface area contributed by atoms with Crippen LogP contribution in [0.4, 0.5) is 0 Å². The molecule has 148 valence electrons. The summed E-state index contributed by atoms with van der Waals surface area (Å²) in [5.74, 6) is 0.704. The van der Waals surface area contributed by atoms with Gasteiger partial charge in [-0.25, -0.2) is 0 Å². The number of ether oxygens (including phenoxy) is 1. The van der Waals surface area contributed by atoms with Gasteiger partial charge in [0.1, 0.15) is 5.75 Å². The smallest absolute Gasteiger partial charge is 0.251 e. The van der Waals surface area contributed by atoms with E-state index in [1.165, 1.54) is 5.56 Å². The van der Waals surface area contributed by atoms with Crippen molar-refractivity contribution in [2.45, 2.75) is 19.4 Å². The topological polar surface area (TPSA) is 58.6 Å². The fourth-order valence-electron chi connectivity index (χ4n) is 3.75. The number of carbonyl (C=O) groups is 2. The van der Waals surface area contributed by atoms with Crippen molar-refractivity contribution in [2.24, 2.45) is 0 Å². The highest BCUT2D eigenvalue weighted by atomic mass is 16.5. The highest BCUT2D eigenvalue weighted by molar-refractivity contribution is 5.98. The van der Waals surface area contributed by atoms with Crippen molar-refractivity contribution >= 4 is 22.6 Å². The molecule has 4 rings (SSSR count). The molecule has 0 saturated carbocycles. The number of rotatable bonds is 5. The first-order valence-electron chi connectivity index (χ1n) is 9.84. The Bertz CT molecular complexity index is 1060. The molecule has 3 aromatic carbocycles. The number of benzene rings is 3. The van der Waals surface area contributed by atoms with Crippen LogP contribution in [0.3, 0.4) is 0 Å². The van der Waals surface area contributed by atoms with E-state index < -0.39 is 0 Å². The van der Waals surface area contributed by atoms with Crippen LogP contribution < -0.4 is 10.1 Å². The lowest BCUT2D eigenvalue weighted by molar-refractivity contribution is -0.131. The molecule has 29 heavy (non-hydrogen) atoms. The lowest BCUT2D eigenvalue weighted by Crippen LogP contribution is -2.38. The normalized spacial score (nSPS) is 13.1. The highest BCUT2D eigenvalue weighted by Crippen LogP contribution is 2.24. The molecule has 0 spiro atoms. The molecule has 0 aromatic heterocycles. The molecule has 0 radical (unpaired) electrons. The SMILES string of the molecule is COc1ccc2c(c1)CN(C(=O)CCNC(=O)c1ccc3ccccc3c1)CC2. The monoisotopic (exact) mass is 388 g/mol. The van der Waals surface area contributed by atoms with E-state index in [0.717, 1.165) is 28.5 Å². The minimum atomic E-state index is -0.155. The third-order valence-electron chi connectivity index (χ3n) is 5.41. The van der Waals surface area contributed by atoms with Crippen LogP contribution in [0.15, 0.2) is 60.7 Å². The Hall–Kier alpha value is -3.34. The molecule has 0 atom stereocenters. The molecule has 3 aromatic rings. The summed E-state index contributed by atoms with van der Waals surface area (Å²) < 4.78 is 5.29. The van der Waals surface area contributed by atoms with Gasteiger partial charge in [0.25, 0.3) is 5.91 Å². The molecule has 1 aliphatic heterocycles. The number of fused-ring (bicyclic) bond motifs is 2. The van der Waals surface area contributed by atoms with Crippen molar-refractivity contribution in [1.82, 2.24) is 10.2 Å². The average molecular weight is 388 g/mol. The Labute approximate surface area is 170 Å². The Balaban J connectivity index is 1.32. The Morgan fingerprint density at radius 2 is 1.83 bits per heavy atom. The van der Waals surface area contributed by atoms with E-state index >= 15 is 0 Å². The van der Waals surface area contributed by atoms with E-state index in [9.17, 15) is 9.59 Å². The Morgan fingerprint density at radius 1 is 1.00 bits per heavy atom. The Morgan fingerprint density at radius 3 is 2.66 bits per heavy atom. The second-order valence-corrected chi connectivity index (χ2v) is 7.27. The number of hydrogen-bond acceptors (Lipinski definition) is 3. The van der Waals surface area contributed by atoms with Gasteiger partial charge in [0.15, 0.2) is 0 Å². The number of nitrogens with zero attached hydrogens (tertiary/aromatic N) is 1. The first-order valence-corrected chi connectivity index (χ1v) is 9.84. The van der Waals surface area contributed by atoms with Crippen LogP contribution >= 0.6 is 0 Å². The largest absolute Gasteiger partial charge is 0.497 e. The molecule has 1 N–H and O–H groups in total. The van der Waals surface area contributed by atoms with Crippen LogP contribution in [0.2, 0.25) is 0 Å². The van der Waals surface area contributed by atoms with Crippen molar-refractivity contribution in [2.75, 3.05) is 20.2 Å². The lowest BCUT2D eigenvalue weighted by atomic mass is 9.99. The van der Waals surface area contributed by atoms with Gasteiger partial charge in [-0.3, -0.25) is 9.59 Å². The maximum absolute atomic E-state index is 12.6. The standard InChI is InChI=1S/C24H24N2O3/c1-29-22-9-8-18-11-13-26(16-21(18)15-22)23(27)10-12-25-24(28)20-7-6-17-4-2-3-5-19(17)14-20/h2-9,14-15H,10-13,16H2,1H3,(H,25,28). The summed E-state index contributed by atoms with van der Waals surface area (Å²) in [6.45, 7) is 1.62. The minimum Gasteiger partial charge on any atom is -0.497 e. The van der Waals surface area contributed by atoms with Gasteiger partial charge in [-0.15, -0.1) is 0 Å². The Kier molecular flexibility index (Phi) is 5.47. The lowest BCUT2D eigenvalue weighted by Gasteiger charge is -2.29. The van der Waals surface area contributed by atoms with Crippen molar-refractivity contribution in [3.05, 3.63) is 77.4 Å². The molecular weight excluding hydrogens is 364 g/mol. The van der Waals surface area contributed by atoms with Crippen LogP contribution in [0.1, 0.15) is 27.9 Å². The fraction of sp³-hybridized carbons (Fsp3) is 0.250. The maximum Gasteiger partial charge on any atom is 0.251 e. The third kappa shape index (κ3) is 4.24. The van der Waals surface area contributed by atoms with Gasteiger partial charge >= 0.3 is 0 Å². The summed E-state index contributed by atoms with van der Waals surface area (Å²) in [4.78, 5) is 26.9. The number of carbonyl (C=O) groups excluding carboxylic acids is 2. The second-order valence-electron chi connectivity index (χ2n) is 7.27. The average Bonchev–Trinajstić information content (AvgIpc) is 2.77. The predicted octanol–water partition coefficient (Wildman–Crippen LogP) is 3.55. The van der Waals surface area contributed by atoms with Crippen LogP contribution in [-0.2, 0) is 17.8 Å². The first-order chi connectivity index (χ1) is 14.1. The van der Waals surface area contributed by atoms with E-state index in [-0.39, 0.29) is 11.8 Å². The van der Waals surface area contributed by atoms with Gasteiger partial charge in [0.05, 0.1) is 7.11 Å². The molecule has 0 bridgehead atoms. The fourth-order valence-corrected chi connectivity index (χ4v) is 3.75. The van der Waals surface area contributed by atoms with Gasteiger partial charge < -0.3 is 15.0 Å². The summed E-state index contributed by atoms with van der Waals surface area (Å²) in [5.41, 5.74) is 3.00. The van der Waals surface area contributed by atoms with Crippen LogP contribution in [0, 0.1) is 0 Å². The van der Waals surface area contributed by atoms with Gasteiger partial charge in [-0.1, -0.05) is 36.4 Å². The van der Waals surface area contributed by atoms with E-state index in [2.05, 4.69) is 11.4 Å². The van der Waals surface area contributed by atoms with E-state index in [1.807, 2.05) is 59.5 Å². The van der Waals surface area contributed by atoms with E-state index in [0.29, 0.717) is 31.6 Å². The van der Waals surface area contributed by atoms with Crippen molar-refractivity contribution in [3.63, 3.8) is 0 Å². The van der Waals surface area contributed by atoms with Crippen molar-refractivity contribution in [1.29, 1.82) is 0 Å². The zero-order valence-electron chi connectivity index (χ0n) is 16.5. The maximum atomic E-state index is 12.6. The summed E-state index contributed by atoms with van der Waals surface area (Å²) in [6.07, 6.45) is 1.13. The third-order valence-corrected chi connectivity index (χ3v) is 5.41. The first kappa shape index (κ1) is 19.0. The van der Waals surface area contributed by atoms with Gasteiger partial charge in [0.2, 0.25) is 5.91 Å². The molecule has 0 saturated heterocycles. The molecule has 5 heteroatoms. The molecule has 1 aliphatic rings. The number of methoxy groups -OCH3 is 1. The number of hydrogen-bond donors (Lipinski definition) is 1.